The molecule has 1 aliphatic carbocycles. The molecule has 0 bridgehead atoms. The smallest absolute Gasteiger partial charge is 0.303 e. The van der Waals surface area contributed by atoms with Crippen LogP contribution in [0.15, 0.2) is 0 Å². The molecule has 1 saturated carbocycles. The van der Waals surface area contributed by atoms with Crippen LogP contribution in [-0.2, 0) is 9.53 Å². The molecule has 0 saturated heterocycles. The molecule has 0 amide bonds. The molecular formula is C13H25NO3. The number of hydrogen-bond donors (Lipinski definition) is 2. The molecule has 0 aliphatic heterocycles. The predicted octanol–water partition coefficient (Wildman–Crippen LogP) is 2.18. The van der Waals surface area contributed by atoms with Gasteiger partial charge in [0.05, 0.1) is 12.7 Å². The second kappa shape index (κ2) is 9.42. The second-order valence-electron chi connectivity index (χ2n) is 4.73. The molecule has 0 atom stereocenters. The van der Waals surface area contributed by atoms with E-state index in [-0.39, 0.29) is 6.42 Å². The standard InChI is InChI=1S/C13H25NO3/c15-13(16)8-4-5-9-14-10-11-17-12-6-2-1-3-7-12/h12,14H,1-11H2,(H,15,16). The summed E-state index contributed by atoms with van der Waals surface area (Å²) in [4.78, 5) is 10.3. The summed E-state index contributed by atoms with van der Waals surface area (Å²) in [6.07, 6.45) is 8.87. The van der Waals surface area contributed by atoms with E-state index in [1.54, 1.807) is 0 Å². The zero-order chi connectivity index (χ0) is 12.3. The van der Waals surface area contributed by atoms with Crippen LogP contribution < -0.4 is 5.32 Å². The van der Waals surface area contributed by atoms with E-state index in [0.717, 1.165) is 32.5 Å². The van der Waals surface area contributed by atoms with E-state index in [9.17, 15) is 4.79 Å². The molecule has 1 aliphatic rings. The Morgan fingerprint density at radius 3 is 2.65 bits per heavy atom. The van der Waals surface area contributed by atoms with E-state index in [2.05, 4.69) is 5.32 Å². The Bertz CT molecular complexity index is 203. The van der Waals surface area contributed by atoms with Gasteiger partial charge in [-0.15, -0.1) is 0 Å². The topological polar surface area (TPSA) is 58.6 Å². The van der Waals surface area contributed by atoms with Gasteiger partial charge in [-0.3, -0.25) is 4.79 Å². The number of ether oxygens (including phenoxy) is 1. The minimum Gasteiger partial charge on any atom is -0.481 e. The lowest BCUT2D eigenvalue weighted by Gasteiger charge is -2.22. The highest BCUT2D eigenvalue weighted by molar-refractivity contribution is 5.66. The third kappa shape index (κ3) is 8.16. The molecule has 100 valence electrons. The molecule has 4 heteroatoms. The fraction of sp³-hybridized carbons (Fsp3) is 0.923. The SMILES string of the molecule is O=C(O)CCCCNCCOC1CCCCC1. The fourth-order valence-electron chi connectivity index (χ4n) is 2.18. The maximum Gasteiger partial charge on any atom is 0.303 e. The summed E-state index contributed by atoms with van der Waals surface area (Å²) in [5.41, 5.74) is 0. The Morgan fingerprint density at radius 2 is 1.94 bits per heavy atom. The zero-order valence-corrected chi connectivity index (χ0v) is 10.6. The number of carboxylic acids is 1. The van der Waals surface area contributed by atoms with Crippen molar-refractivity contribution in [2.75, 3.05) is 19.7 Å². The third-order valence-electron chi connectivity index (χ3n) is 3.18. The first-order valence-electron chi connectivity index (χ1n) is 6.83. The Labute approximate surface area is 104 Å². The van der Waals surface area contributed by atoms with Gasteiger partial charge in [0, 0.05) is 13.0 Å². The first kappa shape index (κ1) is 14.5. The van der Waals surface area contributed by atoms with Crippen molar-refractivity contribution in [3.63, 3.8) is 0 Å². The average Bonchev–Trinajstić information content (AvgIpc) is 2.33. The van der Waals surface area contributed by atoms with Crippen LogP contribution in [0.25, 0.3) is 0 Å². The van der Waals surface area contributed by atoms with E-state index in [1.807, 2.05) is 0 Å². The van der Waals surface area contributed by atoms with Gasteiger partial charge < -0.3 is 15.2 Å². The highest BCUT2D eigenvalue weighted by Crippen LogP contribution is 2.19. The van der Waals surface area contributed by atoms with Crippen LogP contribution in [0, 0.1) is 0 Å². The zero-order valence-electron chi connectivity index (χ0n) is 10.6. The van der Waals surface area contributed by atoms with E-state index >= 15 is 0 Å². The van der Waals surface area contributed by atoms with Gasteiger partial charge in [0.2, 0.25) is 0 Å². The van der Waals surface area contributed by atoms with E-state index in [0.29, 0.717) is 6.10 Å². The molecule has 17 heavy (non-hydrogen) atoms. The molecule has 0 spiro atoms. The molecule has 2 N–H and O–H groups in total. The number of hydrogen-bond acceptors (Lipinski definition) is 3. The summed E-state index contributed by atoms with van der Waals surface area (Å²) in [7, 11) is 0. The second-order valence-corrected chi connectivity index (χ2v) is 4.73. The molecule has 4 nitrogen and oxygen atoms in total. The first-order chi connectivity index (χ1) is 8.29. The molecule has 0 unspecified atom stereocenters. The van der Waals surface area contributed by atoms with Gasteiger partial charge in [-0.2, -0.15) is 0 Å². The minimum atomic E-state index is -0.703. The summed E-state index contributed by atoms with van der Waals surface area (Å²) in [6.45, 7) is 2.55. The molecule has 0 aromatic rings. The minimum absolute atomic E-state index is 0.278. The Kier molecular flexibility index (Phi) is 8.01. The highest BCUT2D eigenvalue weighted by atomic mass is 16.5. The maximum absolute atomic E-state index is 10.3. The van der Waals surface area contributed by atoms with Gasteiger partial charge in [0.1, 0.15) is 0 Å². The molecule has 1 rings (SSSR count). The molecule has 0 heterocycles. The lowest BCUT2D eigenvalue weighted by Crippen LogP contribution is -2.25. The van der Waals surface area contributed by atoms with Gasteiger partial charge in [0.25, 0.3) is 0 Å². The number of aliphatic carboxylic acids is 1. The Balaban J connectivity index is 1.79. The molecule has 0 radical (unpaired) electrons. The van der Waals surface area contributed by atoms with Gasteiger partial charge >= 0.3 is 5.97 Å². The summed E-state index contributed by atoms with van der Waals surface area (Å²) < 4.78 is 5.77. The van der Waals surface area contributed by atoms with Crippen molar-refractivity contribution >= 4 is 5.97 Å². The summed E-state index contributed by atoms with van der Waals surface area (Å²) in [6, 6.07) is 0. The van der Waals surface area contributed by atoms with Crippen LogP contribution in [0.5, 0.6) is 0 Å². The van der Waals surface area contributed by atoms with Crippen LogP contribution in [0.3, 0.4) is 0 Å². The number of carboxylic acid groups (broad SMARTS) is 1. The van der Waals surface area contributed by atoms with E-state index < -0.39 is 5.97 Å². The maximum atomic E-state index is 10.3. The highest BCUT2D eigenvalue weighted by Gasteiger charge is 2.12. The van der Waals surface area contributed by atoms with Crippen molar-refractivity contribution in [2.45, 2.75) is 57.5 Å². The van der Waals surface area contributed by atoms with Crippen LogP contribution in [-0.4, -0.2) is 36.9 Å². The van der Waals surface area contributed by atoms with Crippen molar-refractivity contribution in [3.05, 3.63) is 0 Å². The number of rotatable bonds is 9. The average molecular weight is 243 g/mol. The van der Waals surface area contributed by atoms with Crippen LogP contribution in [0.1, 0.15) is 51.4 Å². The first-order valence-corrected chi connectivity index (χ1v) is 6.83. The van der Waals surface area contributed by atoms with Gasteiger partial charge in [0.15, 0.2) is 0 Å². The normalized spacial score (nSPS) is 17.2. The lowest BCUT2D eigenvalue weighted by molar-refractivity contribution is -0.137. The summed E-state index contributed by atoms with van der Waals surface area (Å²) in [5.74, 6) is -0.703. The van der Waals surface area contributed by atoms with E-state index in [1.165, 1.54) is 32.1 Å². The third-order valence-corrected chi connectivity index (χ3v) is 3.18. The van der Waals surface area contributed by atoms with Crippen molar-refractivity contribution in [1.82, 2.24) is 5.32 Å². The molecule has 0 aromatic heterocycles. The van der Waals surface area contributed by atoms with Gasteiger partial charge in [-0.05, 0) is 32.2 Å². The largest absolute Gasteiger partial charge is 0.481 e. The fourth-order valence-corrected chi connectivity index (χ4v) is 2.18. The summed E-state index contributed by atoms with van der Waals surface area (Å²) in [5, 5.41) is 11.7. The van der Waals surface area contributed by atoms with Gasteiger partial charge in [-0.1, -0.05) is 19.3 Å². The van der Waals surface area contributed by atoms with Crippen LogP contribution in [0.2, 0.25) is 0 Å². The predicted molar refractivity (Wildman–Crippen MR) is 67.2 cm³/mol. The van der Waals surface area contributed by atoms with Crippen molar-refractivity contribution < 1.29 is 14.6 Å². The Morgan fingerprint density at radius 1 is 1.18 bits per heavy atom. The van der Waals surface area contributed by atoms with Crippen LogP contribution >= 0.6 is 0 Å². The molecule has 0 aromatic carbocycles. The quantitative estimate of drug-likeness (QED) is 0.609. The van der Waals surface area contributed by atoms with E-state index in [4.69, 9.17) is 9.84 Å². The lowest BCUT2D eigenvalue weighted by atomic mass is 9.98. The molecule has 1 fully saturated rings. The van der Waals surface area contributed by atoms with Gasteiger partial charge in [-0.25, -0.2) is 0 Å². The number of nitrogens with one attached hydrogen (secondary N) is 1. The van der Waals surface area contributed by atoms with Crippen molar-refractivity contribution in [2.24, 2.45) is 0 Å². The number of carbonyl (C=O) groups is 1. The number of unbranched alkanes of at least 4 members (excludes halogenated alkanes) is 1. The molecular weight excluding hydrogens is 218 g/mol. The summed E-state index contributed by atoms with van der Waals surface area (Å²) >= 11 is 0. The van der Waals surface area contributed by atoms with Crippen molar-refractivity contribution in [3.8, 4) is 0 Å². The Hall–Kier alpha value is -0.610. The van der Waals surface area contributed by atoms with Crippen molar-refractivity contribution in [1.29, 1.82) is 0 Å². The monoisotopic (exact) mass is 243 g/mol. The van der Waals surface area contributed by atoms with Crippen LogP contribution in [0.4, 0.5) is 0 Å².